The highest BCUT2D eigenvalue weighted by Crippen LogP contribution is 2.31. The summed E-state index contributed by atoms with van der Waals surface area (Å²) in [6.45, 7) is 2.59. The van der Waals surface area contributed by atoms with Crippen LogP contribution in [0.5, 0.6) is 0 Å². The standard InChI is InChI=1S/C17H18FN3/c1-2-14(19)17-20-15-9-5-3-7-12(15)11-21(17)16-10-6-4-8-13(16)18/h3-10,14H,2,11,19H2,1H3/t14-/m0/s1. The van der Waals surface area contributed by atoms with Gasteiger partial charge in [0.05, 0.1) is 24.0 Å². The number of nitrogens with zero attached hydrogens (tertiary/aromatic N) is 2. The number of benzene rings is 2. The van der Waals surface area contributed by atoms with E-state index in [2.05, 4.69) is 4.99 Å². The number of aliphatic imine (C=N–C) groups is 1. The molecule has 0 aromatic heterocycles. The molecule has 0 bridgehead atoms. The Balaban J connectivity index is 2.10. The van der Waals surface area contributed by atoms with Crippen molar-refractivity contribution in [3.05, 3.63) is 59.9 Å². The normalized spacial score (nSPS) is 15.4. The molecule has 108 valence electrons. The molecule has 2 N–H and O–H groups in total. The van der Waals surface area contributed by atoms with Gasteiger partial charge in [-0.25, -0.2) is 9.38 Å². The second-order valence-electron chi connectivity index (χ2n) is 5.15. The largest absolute Gasteiger partial charge is 0.321 e. The molecular weight excluding hydrogens is 265 g/mol. The Morgan fingerprint density at radius 1 is 1.19 bits per heavy atom. The van der Waals surface area contributed by atoms with E-state index in [1.54, 1.807) is 12.1 Å². The minimum absolute atomic E-state index is 0.210. The third-order valence-corrected chi connectivity index (χ3v) is 3.75. The minimum Gasteiger partial charge on any atom is -0.321 e. The molecule has 21 heavy (non-hydrogen) atoms. The topological polar surface area (TPSA) is 41.6 Å². The number of amidine groups is 1. The van der Waals surface area contributed by atoms with Gasteiger partial charge in [-0.3, -0.25) is 0 Å². The molecule has 1 atom stereocenters. The number of halogens is 1. The minimum atomic E-state index is -0.257. The van der Waals surface area contributed by atoms with Gasteiger partial charge in [-0.15, -0.1) is 0 Å². The molecule has 0 spiro atoms. The van der Waals surface area contributed by atoms with Gasteiger partial charge >= 0.3 is 0 Å². The summed E-state index contributed by atoms with van der Waals surface area (Å²) in [5, 5.41) is 0. The molecule has 0 saturated heterocycles. The zero-order valence-corrected chi connectivity index (χ0v) is 12.0. The van der Waals surface area contributed by atoms with E-state index in [0.717, 1.165) is 23.5 Å². The predicted molar refractivity (Wildman–Crippen MR) is 84.4 cm³/mol. The van der Waals surface area contributed by atoms with E-state index in [1.165, 1.54) is 6.07 Å². The molecule has 3 nitrogen and oxygen atoms in total. The Labute approximate surface area is 123 Å². The Kier molecular flexibility index (Phi) is 3.71. The summed E-state index contributed by atoms with van der Waals surface area (Å²) in [6, 6.07) is 14.4. The fourth-order valence-electron chi connectivity index (χ4n) is 2.53. The highest BCUT2D eigenvalue weighted by molar-refractivity contribution is 6.04. The maximum absolute atomic E-state index is 14.2. The number of hydrogen-bond acceptors (Lipinski definition) is 3. The van der Waals surface area contributed by atoms with Gasteiger partial charge in [-0.1, -0.05) is 37.3 Å². The molecule has 0 unspecified atom stereocenters. The fraction of sp³-hybridized carbons (Fsp3) is 0.235. The molecule has 1 aliphatic rings. The fourth-order valence-corrected chi connectivity index (χ4v) is 2.53. The molecule has 2 aromatic carbocycles. The molecule has 4 heteroatoms. The number of nitrogens with two attached hydrogens (primary N) is 1. The van der Waals surface area contributed by atoms with E-state index in [1.807, 2.05) is 42.2 Å². The number of para-hydroxylation sites is 2. The van der Waals surface area contributed by atoms with Gasteiger partial charge in [0.1, 0.15) is 11.7 Å². The van der Waals surface area contributed by atoms with Crippen molar-refractivity contribution in [3.63, 3.8) is 0 Å². The summed E-state index contributed by atoms with van der Waals surface area (Å²) < 4.78 is 14.2. The Morgan fingerprint density at radius 2 is 1.90 bits per heavy atom. The molecule has 0 saturated carbocycles. The van der Waals surface area contributed by atoms with Crippen molar-refractivity contribution in [2.75, 3.05) is 4.90 Å². The van der Waals surface area contributed by atoms with Crippen molar-refractivity contribution < 1.29 is 4.39 Å². The van der Waals surface area contributed by atoms with E-state index in [-0.39, 0.29) is 11.9 Å². The molecule has 2 aromatic rings. The summed E-state index contributed by atoms with van der Waals surface area (Å²) in [5.74, 6) is 0.467. The third kappa shape index (κ3) is 2.54. The second kappa shape index (κ2) is 5.66. The van der Waals surface area contributed by atoms with Crippen molar-refractivity contribution >= 4 is 17.2 Å². The first-order valence-electron chi connectivity index (χ1n) is 7.15. The van der Waals surface area contributed by atoms with Crippen LogP contribution in [0.1, 0.15) is 18.9 Å². The van der Waals surface area contributed by atoms with Gasteiger partial charge < -0.3 is 10.6 Å². The number of fused-ring (bicyclic) bond motifs is 1. The second-order valence-corrected chi connectivity index (χ2v) is 5.15. The molecule has 1 aliphatic heterocycles. The van der Waals surface area contributed by atoms with E-state index in [9.17, 15) is 4.39 Å². The molecule has 0 radical (unpaired) electrons. The molecule has 1 heterocycles. The zero-order chi connectivity index (χ0) is 14.8. The average Bonchev–Trinajstić information content (AvgIpc) is 2.53. The lowest BCUT2D eigenvalue weighted by Crippen LogP contribution is -2.45. The van der Waals surface area contributed by atoms with Crippen molar-refractivity contribution in [2.45, 2.75) is 25.9 Å². The highest BCUT2D eigenvalue weighted by Gasteiger charge is 2.26. The van der Waals surface area contributed by atoms with Gasteiger partial charge in [0, 0.05) is 0 Å². The van der Waals surface area contributed by atoms with E-state index in [4.69, 9.17) is 5.73 Å². The lowest BCUT2D eigenvalue weighted by molar-refractivity contribution is 0.624. The van der Waals surface area contributed by atoms with Crippen molar-refractivity contribution in [3.8, 4) is 0 Å². The number of rotatable bonds is 3. The van der Waals surface area contributed by atoms with Crippen LogP contribution in [0.4, 0.5) is 15.8 Å². The van der Waals surface area contributed by atoms with Crippen molar-refractivity contribution in [1.82, 2.24) is 0 Å². The van der Waals surface area contributed by atoms with Gasteiger partial charge in [0.25, 0.3) is 0 Å². The first-order valence-corrected chi connectivity index (χ1v) is 7.15. The average molecular weight is 283 g/mol. The Bertz CT molecular complexity index is 681. The molecule has 0 aliphatic carbocycles. The van der Waals surface area contributed by atoms with Crippen LogP contribution in [0.2, 0.25) is 0 Å². The summed E-state index contributed by atoms with van der Waals surface area (Å²) in [5.41, 5.74) is 8.71. The smallest absolute Gasteiger partial charge is 0.146 e. The van der Waals surface area contributed by atoms with Crippen molar-refractivity contribution in [2.24, 2.45) is 10.7 Å². The number of hydrogen-bond donors (Lipinski definition) is 1. The first kappa shape index (κ1) is 13.8. The highest BCUT2D eigenvalue weighted by atomic mass is 19.1. The maximum Gasteiger partial charge on any atom is 0.146 e. The summed E-state index contributed by atoms with van der Waals surface area (Å²) in [4.78, 5) is 6.55. The van der Waals surface area contributed by atoms with Gasteiger partial charge in [0.2, 0.25) is 0 Å². The van der Waals surface area contributed by atoms with Gasteiger partial charge in [-0.05, 0) is 30.2 Å². The SMILES string of the molecule is CC[C@H](N)C1=Nc2ccccc2CN1c1ccccc1F. The van der Waals surface area contributed by atoms with E-state index < -0.39 is 0 Å². The van der Waals surface area contributed by atoms with E-state index in [0.29, 0.717) is 12.2 Å². The molecule has 0 amide bonds. The first-order chi connectivity index (χ1) is 10.2. The van der Waals surface area contributed by atoms with E-state index >= 15 is 0 Å². The van der Waals surface area contributed by atoms with Crippen LogP contribution < -0.4 is 10.6 Å². The summed E-state index contributed by atoms with van der Waals surface area (Å²) in [6.07, 6.45) is 0.756. The van der Waals surface area contributed by atoms with Crippen LogP contribution in [0.3, 0.4) is 0 Å². The van der Waals surface area contributed by atoms with Crippen LogP contribution in [-0.4, -0.2) is 11.9 Å². The van der Waals surface area contributed by atoms with Crippen LogP contribution in [0, 0.1) is 5.82 Å². The van der Waals surface area contributed by atoms with Crippen LogP contribution in [0.25, 0.3) is 0 Å². The van der Waals surface area contributed by atoms with Crippen LogP contribution in [-0.2, 0) is 6.54 Å². The predicted octanol–water partition coefficient (Wildman–Crippen LogP) is 3.61. The maximum atomic E-state index is 14.2. The zero-order valence-electron chi connectivity index (χ0n) is 12.0. The Hall–Kier alpha value is -2.20. The van der Waals surface area contributed by atoms with Crippen LogP contribution >= 0.6 is 0 Å². The van der Waals surface area contributed by atoms with Crippen molar-refractivity contribution in [1.29, 1.82) is 0 Å². The van der Waals surface area contributed by atoms with Gasteiger partial charge in [0.15, 0.2) is 0 Å². The summed E-state index contributed by atoms with van der Waals surface area (Å²) >= 11 is 0. The summed E-state index contributed by atoms with van der Waals surface area (Å²) in [7, 11) is 0. The number of anilines is 1. The molecule has 3 rings (SSSR count). The molecule has 0 fully saturated rings. The Morgan fingerprint density at radius 3 is 2.67 bits per heavy atom. The quantitative estimate of drug-likeness (QED) is 0.935. The van der Waals surface area contributed by atoms with Gasteiger partial charge in [-0.2, -0.15) is 0 Å². The monoisotopic (exact) mass is 283 g/mol. The molecular formula is C17H18FN3. The lowest BCUT2D eigenvalue weighted by Gasteiger charge is -2.33. The van der Waals surface area contributed by atoms with Crippen LogP contribution in [0.15, 0.2) is 53.5 Å². The third-order valence-electron chi connectivity index (χ3n) is 3.75. The lowest BCUT2D eigenvalue weighted by atomic mass is 10.1.